The number of primary amides is 1. The van der Waals surface area contributed by atoms with E-state index in [0.717, 1.165) is 5.56 Å². The zero-order chi connectivity index (χ0) is 13.3. The summed E-state index contributed by atoms with van der Waals surface area (Å²) in [6.07, 6.45) is 0. The average molecular weight is 263 g/mol. The standard InChI is InChI=1S/C13H17N3OS/c1-7-3-5-9(6-4-7)11-10(12(14)17)8(2)15-13(18)16-11/h3-6,8,10-11H,1-2H3,(H2,14,17)(H2,15,16,18). The van der Waals surface area contributed by atoms with E-state index in [0.29, 0.717) is 5.11 Å². The Kier molecular flexibility index (Phi) is 3.52. The Morgan fingerprint density at radius 1 is 1.28 bits per heavy atom. The number of thiocarbonyl (C=S) groups is 1. The minimum atomic E-state index is -0.324. The van der Waals surface area contributed by atoms with Crippen LogP contribution in [0.1, 0.15) is 24.1 Å². The molecule has 5 heteroatoms. The van der Waals surface area contributed by atoms with Gasteiger partial charge in [0.2, 0.25) is 5.91 Å². The van der Waals surface area contributed by atoms with E-state index < -0.39 is 0 Å². The summed E-state index contributed by atoms with van der Waals surface area (Å²) in [6, 6.07) is 7.82. The predicted octanol–water partition coefficient (Wildman–Crippen LogP) is 1.00. The van der Waals surface area contributed by atoms with Gasteiger partial charge in [0, 0.05) is 6.04 Å². The maximum atomic E-state index is 11.6. The Morgan fingerprint density at radius 2 is 1.89 bits per heavy atom. The molecule has 1 heterocycles. The second-order valence-corrected chi connectivity index (χ2v) is 5.13. The summed E-state index contributed by atoms with van der Waals surface area (Å²) in [4.78, 5) is 11.6. The topological polar surface area (TPSA) is 67.2 Å². The first-order chi connectivity index (χ1) is 8.49. The van der Waals surface area contributed by atoms with E-state index in [9.17, 15) is 4.79 Å². The van der Waals surface area contributed by atoms with E-state index in [1.165, 1.54) is 5.56 Å². The molecule has 1 aliphatic rings. The number of hydrogen-bond donors (Lipinski definition) is 3. The number of carbonyl (C=O) groups excluding carboxylic acids is 1. The Labute approximate surface area is 112 Å². The normalized spacial score (nSPS) is 27.2. The van der Waals surface area contributed by atoms with Crippen molar-refractivity contribution in [3.63, 3.8) is 0 Å². The van der Waals surface area contributed by atoms with Gasteiger partial charge in [-0.3, -0.25) is 4.79 Å². The van der Waals surface area contributed by atoms with Crippen molar-refractivity contribution in [3.8, 4) is 0 Å². The number of hydrogen-bond acceptors (Lipinski definition) is 2. The van der Waals surface area contributed by atoms with Gasteiger partial charge >= 0.3 is 0 Å². The Morgan fingerprint density at radius 3 is 2.44 bits per heavy atom. The quantitative estimate of drug-likeness (QED) is 0.697. The van der Waals surface area contributed by atoms with Crippen molar-refractivity contribution in [2.75, 3.05) is 0 Å². The van der Waals surface area contributed by atoms with Gasteiger partial charge in [0.15, 0.2) is 5.11 Å². The van der Waals surface area contributed by atoms with Crippen molar-refractivity contribution >= 4 is 23.2 Å². The van der Waals surface area contributed by atoms with E-state index in [1.807, 2.05) is 38.1 Å². The number of amides is 1. The van der Waals surface area contributed by atoms with Crippen molar-refractivity contribution in [1.82, 2.24) is 10.6 Å². The number of nitrogens with one attached hydrogen (secondary N) is 2. The molecule has 0 spiro atoms. The van der Waals surface area contributed by atoms with Gasteiger partial charge in [0.05, 0.1) is 12.0 Å². The molecule has 3 unspecified atom stereocenters. The van der Waals surface area contributed by atoms with Crippen LogP contribution in [0.25, 0.3) is 0 Å². The molecule has 1 aromatic carbocycles. The van der Waals surface area contributed by atoms with Crippen molar-refractivity contribution < 1.29 is 4.79 Å². The van der Waals surface area contributed by atoms with Crippen molar-refractivity contribution in [1.29, 1.82) is 0 Å². The second-order valence-electron chi connectivity index (χ2n) is 4.72. The summed E-state index contributed by atoms with van der Waals surface area (Å²) in [5.41, 5.74) is 7.71. The first kappa shape index (κ1) is 12.8. The van der Waals surface area contributed by atoms with Crippen LogP contribution in [0.3, 0.4) is 0 Å². The molecule has 1 saturated heterocycles. The summed E-state index contributed by atoms with van der Waals surface area (Å²) in [6.45, 7) is 3.95. The van der Waals surface area contributed by atoms with Gasteiger partial charge in [-0.2, -0.15) is 0 Å². The highest BCUT2D eigenvalue weighted by Gasteiger charge is 2.37. The molecular formula is C13H17N3OS. The van der Waals surface area contributed by atoms with Gasteiger partial charge in [0.1, 0.15) is 0 Å². The molecule has 0 saturated carbocycles. The minimum Gasteiger partial charge on any atom is -0.369 e. The third-order valence-corrected chi connectivity index (χ3v) is 3.54. The smallest absolute Gasteiger partial charge is 0.225 e. The number of nitrogens with two attached hydrogens (primary N) is 1. The molecule has 1 fully saturated rings. The molecule has 1 aliphatic heterocycles. The highest BCUT2D eigenvalue weighted by Crippen LogP contribution is 2.27. The fourth-order valence-electron chi connectivity index (χ4n) is 2.33. The molecule has 4 N–H and O–H groups in total. The molecule has 0 radical (unpaired) electrons. The fourth-order valence-corrected chi connectivity index (χ4v) is 2.65. The predicted molar refractivity (Wildman–Crippen MR) is 74.9 cm³/mol. The summed E-state index contributed by atoms with van der Waals surface area (Å²) in [7, 11) is 0. The Hall–Kier alpha value is -1.62. The van der Waals surface area contributed by atoms with Crippen molar-refractivity contribution in [2.45, 2.75) is 25.9 Å². The molecule has 2 rings (SSSR count). The lowest BCUT2D eigenvalue weighted by atomic mass is 9.85. The van der Waals surface area contributed by atoms with Crippen LogP contribution in [0.5, 0.6) is 0 Å². The highest BCUT2D eigenvalue weighted by atomic mass is 32.1. The molecule has 1 amide bonds. The van der Waals surface area contributed by atoms with Crippen LogP contribution in [0.15, 0.2) is 24.3 Å². The lowest BCUT2D eigenvalue weighted by Crippen LogP contribution is -2.58. The third kappa shape index (κ3) is 2.46. The Balaban J connectivity index is 2.34. The van der Waals surface area contributed by atoms with Gasteiger partial charge in [-0.15, -0.1) is 0 Å². The Bertz CT molecular complexity index is 472. The van der Waals surface area contributed by atoms with E-state index in [1.54, 1.807) is 0 Å². The van der Waals surface area contributed by atoms with Crippen molar-refractivity contribution in [2.24, 2.45) is 11.7 Å². The SMILES string of the molecule is Cc1ccc(C2NC(=S)NC(C)C2C(N)=O)cc1. The first-order valence-electron chi connectivity index (χ1n) is 5.92. The minimum absolute atomic E-state index is 0.0671. The lowest BCUT2D eigenvalue weighted by Gasteiger charge is -2.37. The number of rotatable bonds is 2. The van der Waals surface area contributed by atoms with E-state index >= 15 is 0 Å². The molecule has 0 aromatic heterocycles. The molecule has 4 nitrogen and oxygen atoms in total. The zero-order valence-corrected chi connectivity index (χ0v) is 11.3. The molecule has 0 bridgehead atoms. The largest absolute Gasteiger partial charge is 0.369 e. The second kappa shape index (κ2) is 4.94. The molecule has 3 atom stereocenters. The van der Waals surface area contributed by atoms with E-state index in [4.69, 9.17) is 18.0 Å². The fraction of sp³-hybridized carbons (Fsp3) is 0.385. The first-order valence-corrected chi connectivity index (χ1v) is 6.33. The summed E-state index contributed by atoms with van der Waals surface area (Å²) < 4.78 is 0. The number of aryl methyl sites for hydroxylation is 1. The monoisotopic (exact) mass is 263 g/mol. The molecule has 18 heavy (non-hydrogen) atoms. The van der Waals surface area contributed by atoms with E-state index in [2.05, 4.69) is 10.6 Å². The number of carbonyl (C=O) groups is 1. The summed E-state index contributed by atoms with van der Waals surface area (Å²) in [5, 5.41) is 6.74. The van der Waals surface area contributed by atoms with Crippen LogP contribution in [0.2, 0.25) is 0 Å². The van der Waals surface area contributed by atoms with Crippen LogP contribution in [-0.2, 0) is 4.79 Å². The molecular weight excluding hydrogens is 246 g/mol. The highest BCUT2D eigenvalue weighted by molar-refractivity contribution is 7.80. The maximum absolute atomic E-state index is 11.6. The lowest BCUT2D eigenvalue weighted by molar-refractivity contribution is -0.123. The average Bonchev–Trinajstić information content (AvgIpc) is 2.28. The molecule has 1 aromatic rings. The maximum Gasteiger partial charge on any atom is 0.225 e. The third-order valence-electron chi connectivity index (χ3n) is 3.31. The van der Waals surface area contributed by atoms with Crippen LogP contribution in [0.4, 0.5) is 0 Å². The van der Waals surface area contributed by atoms with Crippen LogP contribution < -0.4 is 16.4 Å². The van der Waals surface area contributed by atoms with Gasteiger partial charge < -0.3 is 16.4 Å². The zero-order valence-electron chi connectivity index (χ0n) is 10.4. The van der Waals surface area contributed by atoms with Crippen LogP contribution in [-0.4, -0.2) is 17.1 Å². The van der Waals surface area contributed by atoms with Gasteiger partial charge in [-0.1, -0.05) is 29.8 Å². The molecule has 0 aliphatic carbocycles. The summed E-state index contributed by atoms with van der Waals surface area (Å²) >= 11 is 5.15. The van der Waals surface area contributed by atoms with Gasteiger partial charge in [-0.25, -0.2) is 0 Å². The molecule has 96 valence electrons. The number of benzene rings is 1. The summed E-state index contributed by atoms with van der Waals surface area (Å²) in [5.74, 6) is -0.644. The van der Waals surface area contributed by atoms with E-state index in [-0.39, 0.29) is 23.9 Å². The van der Waals surface area contributed by atoms with Crippen LogP contribution in [0, 0.1) is 12.8 Å². The van der Waals surface area contributed by atoms with Crippen molar-refractivity contribution in [3.05, 3.63) is 35.4 Å². The van der Waals surface area contributed by atoms with Gasteiger partial charge in [-0.05, 0) is 31.6 Å². The van der Waals surface area contributed by atoms with Crippen LogP contribution >= 0.6 is 12.2 Å². The van der Waals surface area contributed by atoms with Gasteiger partial charge in [0.25, 0.3) is 0 Å².